The van der Waals surface area contributed by atoms with E-state index in [4.69, 9.17) is 0 Å². The van der Waals surface area contributed by atoms with Crippen LogP contribution in [-0.4, -0.2) is 0 Å². The molecule has 0 unspecified atom stereocenters. The number of hydrogen-bond acceptors (Lipinski definition) is 0. The zero-order valence-electron chi connectivity index (χ0n) is 8.09. The van der Waals surface area contributed by atoms with Crippen LogP contribution in [0.1, 0.15) is 12.0 Å². The Hall–Kier alpha value is 0.415. The van der Waals surface area contributed by atoms with Gasteiger partial charge in [0.1, 0.15) is 0 Å². The first-order valence-corrected chi connectivity index (χ1v) is 3.58. The molecule has 1 aromatic carbocycles. The normalized spacial score (nSPS) is 8.08. The Morgan fingerprint density at radius 3 is 2.17 bits per heavy atom. The van der Waals surface area contributed by atoms with Gasteiger partial charge in [0.05, 0.1) is 0 Å². The Balaban J connectivity index is 0. The molecule has 1 rings (SSSR count). The Bertz CT molecular complexity index is 172. The Labute approximate surface area is 99.5 Å². The van der Waals surface area contributed by atoms with Crippen molar-refractivity contribution in [1.29, 1.82) is 0 Å². The van der Waals surface area contributed by atoms with Crippen molar-refractivity contribution in [1.82, 2.24) is 0 Å². The molecule has 12 heavy (non-hydrogen) atoms. The summed E-state index contributed by atoms with van der Waals surface area (Å²) in [5, 5.41) is 0. The van der Waals surface area contributed by atoms with E-state index < -0.39 is 0 Å². The molecule has 0 saturated heterocycles. The molecule has 0 aliphatic rings. The fourth-order valence-corrected chi connectivity index (χ4v) is 0.883. The molecule has 0 N–H and O–H groups in total. The summed E-state index contributed by atoms with van der Waals surface area (Å²) in [4.78, 5) is 0. The molecule has 0 aliphatic heterocycles. The zero-order chi connectivity index (χ0) is 7.23. The van der Waals surface area contributed by atoms with Gasteiger partial charge >= 0.3 is 37.7 Å². The fourth-order valence-electron chi connectivity index (χ4n) is 0.883. The van der Waals surface area contributed by atoms with Gasteiger partial charge in [-0.1, -0.05) is 35.9 Å². The van der Waals surface area contributed by atoms with E-state index in [-0.39, 0.29) is 37.7 Å². The zero-order valence-corrected chi connectivity index (χ0v) is 8.09. The first kappa shape index (κ1) is 14.9. The Kier molecular flexibility index (Phi) is 11.8. The molecule has 54 valence electrons. The summed E-state index contributed by atoms with van der Waals surface area (Å²) in [5.74, 6) is 0. The molecular formula is C10H12Li2. The maximum Gasteiger partial charge on any atom is 1.00 e. The molecule has 0 spiro atoms. The van der Waals surface area contributed by atoms with Crippen LogP contribution in [0.2, 0.25) is 0 Å². The van der Waals surface area contributed by atoms with Crippen LogP contribution >= 0.6 is 0 Å². The molecule has 0 nitrogen and oxygen atoms in total. The minimum Gasteiger partial charge on any atom is -0.372 e. The SMILES string of the molecule is [CH2-]C[CH-]Cc1ccccc1.[Li+].[Li+]. The van der Waals surface area contributed by atoms with Gasteiger partial charge in [-0.2, -0.15) is 6.42 Å². The van der Waals surface area contributed by atoms with E-state index in [0.29, 0.717) is 0 Å². The van der Waals surface area contributed by atoms with Crippen molar-refractivity contribution in [3.05, 3.63) is 49.2 Å². The van der Waals surface area contributed by atoms with Crippen molar-refractivity contribution in [2.45, 2.75) is 12.8 Å². The van der Waals surface area contributed by atoms with E-state index >= 15 is 0 Å². The third-order valence-electron chi connectivity index (χ3n) is 1.43. The monoisotopic (exact) mass is 146 g/mol. The van der Waals surface area contributed by atoms with Gasteiger partial charge in [0.2, 0.25) is 0 Å². The van der Waals surface area contributed by atoms with Crippen LogP contribution < -0.4 is 37.7 Å². The van der Waals surface area contributed by atoms with Crippen LogP contribution in [0.5, 0.6) is 0 Å². The summed E-state index contributed by atoms with van der Waals surface area (Å²) in [7, 11) is 0. The molecule has 0 saturated carbocycles. The van der Waals surface area contributed by atoms with E-state index in [1.165, 1.54) is 5.56 Å². The third kappa shape index (κ3) is 5.99. The summed E-state index contributed by atoms with van der Waals surface area (Å²) in [5.41, 5.74) is 1.37. The molecule has 0 aromatic heterocycles. The topological polar surface area (TPSA) is 0 Å². The van der Waals surface area contributed by atoms with Crippen LogP contribution in [-0.2, 0) is 6.42 Å². The maximum atomic E-state index is 3.75. The van der Waals surface area contributed by atoms with Crippen LogP contribution in [0.3, 0.4) is 0 Å². The van der Waals surface area contributed by atoms with E-state index in [1.807, 2.05) is 6.07 Å². The minimum atomic E-state index is 0. The molecule has 2 heteroatoms. The van der Waals surface area contributed by atoms with Gasteiger partial charge < -0.3 is 19.8 Å². The van der Waals surface area contributed by atoms with Crippen molar-refractivity contribution >= 4 is 0 Å². The van der Waals surface area contributed by atoms with E-state index in [9.17, 15) is 0 Å². The van der Waals surface area contributed by atoms with Gasteiger partial charge in [0, 0.05) is 0 Å². The van der Waals surface area contributed by atoms with Gasteiger partial charge in [-0.3, -0.25) is 0 Å². The molecule has 1 aromatic rings. The third-order valence-corrected chi connectivity index (χ3v) is 1.43. The van der Waals surface area contributed by atoms with E-state index in [1.54, 1.807) is 0 Å². The Morgan fingerprint density at radius 2 is 1.67 bits per heavy atom. The van der Waals surface area contributed by atoms with Crippen molar-refractivity contribution in [2.75, 3.05) is 0 Å². The molecule has 0 bridgehead atoms. The summed E-state index contributed by atoms with van der Waals surface area (Å²) in [6, 6.07) is 10.4. The number of rotatable bonds is 3. The van der Waals surface area contributed by atoms with Gasteiger partial charge in [-0.15, -0.1) is 0 Å². The number of unbranched alkanes of at least 4 members (excludes halogenated alkanes) is 1. The second-order valence-electron chi connectivity index (χ2n) is 2.27. The second-order valence-corrected chi connectivity index (χ2v) is 2.27. The van der Waals surface area contributed by atoms with E-state index in [2.05, 4.69) is 37.6 Å². The molecule has 0 heterocycles. The molecule has 0 aliphatic carbocycles. The summed E-state index contributed by atoms with van der Waals surface area (Å²) in [6.07, 6.45) is 4.13. The van der Waals surface area contributed by atoms with Crippen LogP contribution in [0.15, 0.2) is 30.3 Å². The fraction of sp³-hybridized carbons (Fsp3) is 0.200. The summed E-state index contributed by atoms with van der Waals surface area (Å²) < 4.78 is 0. The molecule has 0 atom stereocenters. The van der Waals surface area contributed by atoms with Crippen LogP contribution in [0, 0.1) is 13.3 Å². The summed E-state index contributed by atoms with van der Waals surface area (Å²) >= 11 is 0. The van der Waals surface area contributed by atoms with Gasteiger partial charge in [0.25, 0.3) is 0 Å². The van der Waals surface area contributed by atoms with E-state index in [0.717, 1.165) is 12.8 Å². The first-order chi connectivity index (χ1) is 4.93. The minimum absolute atomic E-state index is 0. The number of hydrogen-bond donors (Lipinski definition) is 0. The van der Waals surface area contributed by atoms with Crippen molar-refractivity contribution in [2.24, 2.45) is 0 Å². The van der Waals surface area contributed by atoms with Crippen LogP contribution in [0.25, 0.3) is 0 Å². The Morgan fingerprint density at radius 1 is 1.08 bits per heavy atom. The molecule has 0 fully saturated rings. The average Bonchev–Trinajstić information content (AvgIpc) is 2.03. The second kappa shape index (κ2) is 9.50. The maximum absolute atomic E-state index is 3.75. The predicted molar refractivity (Wildman–Crippen MR) is 44.4 cm³/mol. The molecular weight excluding hydrogens is 134 g/mol. The summed E-state index contributed by atoms with van der Waals surface area (Å²) in [6.45, 7) is 3.75. The quantitative estimate of drug-likeness (QED) is 0.309. The largest absolute Gasteiger partial charge is 1.00 e. The predicted octanol–water partition coefficient (Wildman–Crippen LogP) is -3.33. The number of benzene rings is 1. The van der Waals surface area contributed by atoms with Crippen molar-refractivity contribution in [3.8, 4) is 0 Å². The van der Waals surface area contributed by atoms with Gasteiger partial charge in [-0.25, -0.2) is 0 Å². The standard InChI is InChI=1S/C10H12.2Li/c1-2-3-7-10-8-5-4-6-9-10;;/h3-6,8-9H,1-2,7H2;;/q-2;2*+1. The van der Waals surface area contributed by atoms with Crippen molar-refractivity contribution in [3.63, 3.8) is 0 Å². The van der Waals surface area contributed by atoms with Gasteiger partial charge in [0.15, 0.2) is 0 Å². The van der Waals surface area contributed by atoms with Crippen molar-refractivity contribution < 1.29 is 37.7 Å². The van der Waals surface area contributed by atoms with Crippen LogP contribution in [0.4, 0.5) is 0 Å². The molecule has 0 amide bonds. The first-order valence-electron chi connectivity index (χ1n) is 3.58. The molecule has 0 radical (unpaired) electrons. The smallest absolute Gasteiger partial charge is 0.372 e. The van der Waals surface area contributed by atoms with Gasteiger partial charge in [-0.05, 0) is 0 Å². The average molecular weight is 146 g/mol.